The molecule has 1 aliphatic heterocycles. The Bertz CT molecular complexity index is 1960. The quantitative estimate of drug-likeness (QED) is 0.186. The van der Waals surface area contributed by atoms with Crippen LogP contribution in [0.4, 0.5) is 13.2 Å². The monoisotopic (exact) mass is 704 g/mol. The smallest absolute Gasteiger partial charge is 0.416 e. The van der Waals surface area contributed by atoms with Crippen molar-refractivity contribution in [3.63, 3.8) is 0 Å². The lowest BCUT2D eigenvalue weighted by atomic mass is 9.76. The van der Waals surface area contributed by atoms with Crippen molar-refractivity contribution in [1.82, 2.24) is 0 Å². The lowest BCUT2D eigenvalue weighted by molar-refractivity contribution is -0.137. The van der Waals surface area contributed by atoms with Crippen molar-refractivity contribution in [3.8, 4) is 22.6 Å². The van der Waals surface area contributed by atoms with E-state index < -0.39 is 22.8 Å². The highest BCUT2D eigenvalue weighted by atomic mass is 79.9. The second-order valence-electron chi connectivity index (χ2n) is 11.5. The van der Waals surface area contributed by atoms with E-state index in [1.54, 1.807) is 13.2 Å². The van der Waals surface area contributed by atoms with E-state index in [2.05, 4.69) is 51.8 Å². The van der Waals surface area contributed by atoms with Gasteiger partial charge in [-0.05, 0) is 70.1 Å². The lowest BCUT2D eigenvalue weighted by Gasteiger charge is -2.38. The van der Waals surface area contributed by atoms with Gasteiger partial charge < -0.3 is 9.47 Å². The molecular formula is C36H25Br2F3O2. The number of alkyl halides is 3. The van der Waals surface area contributed by atoms with Gasteiger partial charge in [0.2, 0.25) is 0 Å². The van der Waals surface area contributed by atoms with Crippen molar-refractivity contribution < 1.29 is 22.6 Å². The number of fused-ring (bicyclic) bond motifs is 8. The first-order valence-electron chi connectivity index (χ1n) is 13.8. The summed E-state index contributed by atoms with van der Waals surface area (Å²) in [6.45, 7) is 4.31. The second kappa shape index (κ2) is 9.73. The zero-order chi connectivity index (χ0) is 30.3. The van der Waals surface area contributed by atoms with E-state index >= 15 is 0 Å². The standard InChI is InChI=1S/C36H25Br2F3O2/c1-34(2)31-28(18-23(37)19-29(31)38)30-25-14-11-22(36(39,40)41)17-27(25)33-26(32(30)34)15-16-35(43-33,20-7-5-4-6-8-20)21-9-12-24(42-3)13-10-21/h4-19H,1-3H3. The van der Waals surface area contributed by atoms with Gasteiger partial charge in [-0.15, -0.1) is 0 Å². The van der Waals surface area contributed by atoms with E-state index in [0.29, 0.717) is 22.3 Å². The molecule has 0 fully saturated rings. The molecule has 0 N–H and O–H groups in total. The van der Waals surface area contributed by atoms with Gasteiger partial charge >= 0.3 is 6.18 Å². The molecule has 2 aliphatic rings. The molecular weight excluding hydrogens is 681 g/mol. The average Bonchev–Trinajstić information content (AvgIpc) is 3.23. The molecule has 7 heteroatoms. The van der Waals surface area contributed by atoms with E-state index in [0.717, 1.165) is 47.9 Å². The molecule has 43 heavy (non-hydrogen) atoms. The van der Waals surface area contributed by atoms with Crippen LogP contribution in [-0.2, 0) is 17.2 Å². The van der Waals surface area contributed by atoms with Crippen LogP contribution in [0, 0.1) is 0 Å². The Morgan fingerprint density at radius 2 is 1.49 bits per heavy atom. The van der Waals surface area contributed by atoms with Gasteiger partial charge in [0.15, 0.2) is 5.60 Å². The summed E-state index contributed by atoms with van der Waals surface area (Å²) in [5, 5.41) is 1.13. The fourth-order valence-electron chi connectivity index (χ4n) is 6.78. The van der Waals surface area contributed by atoms with Gasteiger partial charge in [-0.3, -0.25) is 0 Å². The Morgan fingerprint density at radius 1 is 0.791 bits per heavy atom. The number of hydrogen-bond acceptors (Lipinski definition) is 2. The normalized spacial score (nSPS) is 18.1. The van der Waals surface area contributed by atoms with Crippen LogP contribution in [0.5, 0.6) is 11.5 Å². The first kappa shape index (κ1) is 28.2. The van der Waals surface area contributed by atoms with Crippen LogP contribution in [-0.4, -0.2) is 7.11 Å². The van der Waals surface area contributed by atoms with E-state index in [9.17, 15) is 13.2 Å². The molecule has 0 saturated heterocycles. The number of ether oxygens (including phenoxy) is 2. The van der Waals surface area contributed by atoms with Crippen molar-refractivity contribution in [3.05, 3.63) is 133 Å². The minimum atomic E-state index is -4.51. The predicted octanol–water partition coefficient (Wildman–Crippen LogP) is 11.0. The first-order valence-corrected chi connectivity index (χ1v) is 15.3. The summed E-state index contributed by atoms with van der Waals surface area (Å²) >= 11 is 7.42. The third kappa shape index (κ3) is 4.19. The maximum atomic E-state index is 14.2. The fraction of sp³-hybridized carbons (Fsp3) is 0.167. The zero-order valence-corrected chi connectivity index (χ0v) is 26.6. The number of hydrogen-bond donors (Lipinski definition) is 0. The molecule has 216 valence electrons. The number of rotatable bonds is 3. The van der Waals surface area contributed by atoms with Crippen LogP contribution in [0.3, 0.4) is 0 Å². The Hall–Kier alpha value is -3.55. The van der Waals surface area contributed by atoms with Crippen LogP contribution >= 0.6 is 31.9 Å². The molecule has 0 amide bonds. The lowest BCUT2D eigenvalue weighted by Crippen LogP contribution is -2.35. The molecule has 1 unspecified atom stereocenters. The van der Waals surface area contributed by atoms with E-state index in [1.165, 1.54) is 12.1 Å². The minimum absolute atomic E-state index is 0.418. The van der Waals surface area contributed by atoms with Crippen molar-refractivity contribution in [2.45, 2.75) is 31.0 Å². The third-order valence-corrected chi connectivity index (χ3v) is 9.75. The average molecular weight is 706 g/mol. The number of methoxy groups -OCH3 is 1. The summed E-state index contributed by atoms with van der Waals surface area (Å²) in [5.41, 5.74) is 4.22. The summed E-state index contributed by atoms with van der Waals surface area (Å²) in [6, 6.07) is 25.4. The van der Waals surface area contributed by atoms with Crippen LogP contribution < -0.4 is 9.47 Å². The van der Waals surface area contributed by atoms with Crippen LogP contribution in [0.1, 0.15) is 47.2 Å². The molecule has 7 rings (SSSR count). The van der Waals surface area contributed by atoms with Gasteiger partial charge in [-0.2, -0.15) is 13.2 Å². The number of halogens is 5. The van der Waals surface area contributed by atoms with Crippen LogP contribution in [0.15, 0.2) is 100.0 Å². The molecule has 5 aromatic carbocycles. The first-order chi connectivity index (χ1) is 20.5. The Morgan fingerprint density at radius 3 is 2.16 bits per heavy atom. The van der Waals surface area contributed by atoms with Crippen molar-refractivity contribution >= 4 is 48.7 Å². The van der Waals surface area contributed by atoms with Gasteiger partial charge in [0.1, 0.15) is 11.5 Å². The van der Waals surface area contributed by atoms with E-state index in [-0.39, 0.29) is 0 Å². The molecule has 5 aromatic rings. The van der Waals surface area contributed by atoms with Gasteiger partial charge in [0.25, 0.3) is 0 Å². The third-order valence-electron chi connectivity index (χ3n) is 8.67. The van der Waals surface area contributed by atoms with E-state index in [1.807, 2.05) is 72.8 Å². The molecule has 0 saturated carbocycles. The summed E-state index contributed by atoms with van der Waals surface area (Å²) in [7, 11) is 1.61. The molecule has 0 spiro atoms. The topological polar surface area (TPSA) is 18.5 Å². The maximum Gasteiger partial charge on any atom is 0.416 e. The van der Waals surface area contributed by atoms with Crippen LogP contribution in [0.25, 0.3) is 28.0 Å². The zero-order valence-electron chi connectivity index (χ0n) is 23.4. The molecule has 1 heterocycles. The minimum Gasteiger partial charge on any atom is -0.497 e. The van der Waals surface area contributed by atoms with Crippen molar-refractivity contribution in [1.29, 1.82) is 0 Å². The van der Waals surface area contributed by atoms with Gasteiger partial charge in [-0.1, -0.05) is 100 Å². The maximum absolute atomic E-state index is 14.2. The van der Waals surface area contributed by atoms with Crippen molar-refractivity contribution in [2.24, 2.45) is 0 Å². The second-order valence-corrected chi connectivity index (χ2v) is 13.2. The van der Waals surface area contributed by atoms with Gasteiger partial charge in [-0.25, -0.2) is 0 Å². The van der Waals surface area contributed by atoms with E-state index in [4.69, 9.17) is 9.47 Å². The highest BCUT2D eigenvalue weighted by molar-refractivity contribution is 9.11. The Balaban J connectivity index is 1.59. The number of benzene rings is 5. The SMILES string of the molecule is COc1ccc(C2(c3ccccc3)C=Cc3c4c(c5ccc(C(F)(F)F)cc5c3O2)-c2cc(Br)cc(Br)c2C4(C)C)cc1. The van der Waals surface area contributed by atoms with Gasteiger partial charge in [0, 0.05) is 36.4 Å². The Labute approximate surface area is 264 Å². The molecule has 2 nitrogen and oxygen atoms in total. The fourth-order valence-corrected chi connectivity index (χ4v) is 8.50. The van der Waals surface area contributed by atoms with Gasteiger partial charge in [0.05, 0.1) is 12.7 Å². The largest absolute Gasteiger partial charge is 0.497 e. The summed E-state index contributed by atoms with van der Waals surface area (Å²) in [6.07, 6.45) is -0.457. The summed E-state index contributed by atoms with van der Waals surface area (Å²) in [5.74, 6) is 1.12. The summed E-state index contributed by atoms with van der Waals surface area (Å²) in [4.78, 5) is 0. The van der Waals surface area contributed by atoms with Crippen LogP contribution in [0.2, 0.25) is 0 Å². The molecule has 1 aliphatic carbocycles. The summed E-state index contributed by atoms with van der Waals surface area (Å²) < 4.78 is 56.8. The van der Waals surface area contributed by atoms with Crippen molar-refractivity contribution in [2.75, 3.05) is 7.11 Å². The highest BCUT2D eigenvalue weighted by Crippen LogP contribution is 2.60. The molecule has 0 aromatic heterocycles. The molecule has 0 bridgehead atoms. The molecule has 1 atom stereocenters. The Kier molecular flexibility index (Phi) is 6.39. The highest BCUT2D eigenvalue weighted by Gasteiger charge is 2.45. The predicted molar refractivity (Wildman–Crippen MR) is 172 cm³/mol. The molecule has 0 radical (unpaired) electrons.